The summed E-state index contributed by atoms with van der Waals surface area (Å²) < 4.78 is 0. The molecule has 0 fully saturated rings. The molecule has 0 heterocycles. The number of benzene rings is 1. The van der Waals surface area contributed by atoms with Crippen molar-refractivity contribution < 1.29 is 5.11 Å². The highest BCUT2D eigenvalue weighted by atomic mass is 32.1. The molecule has 1 unspecified atom stereocenters. The highest BCUT2D eigenvalue weighted by Gasteiger charge is 2.20. The van der Waals surface area contributed by atoms with Crippen LogP contribution in [0, 0.1) is 0 Å². The van der Waals surface area contributed by atoms with Gasteiger partial charge in [0.05, 0.1) is 5.60 Å². The molecule has 18 heavy (non-hydrogen) atoms. The lowest BCUT2D eigenvalue weighted by molar-refractivity contribution is 0.0365. The molecule has 0 aromatic heterocycles. The fourth-order valence-electron chi connectivity index (χ4n) is 2.16. The molecule has 0 aliphatic carbocycles. The zero-order chi connectivity index (χ0) is 13.6. The summed E-state index contributed by atoms with van der Waals surface area (Å²) >= 11 is 4.46. The van der Waals surface area contributed by atoms with Gasteiger partial charge in [0, 0.05) is 19.0 Å². The van der Waals surface area contributed by atoms with Crippen molar-refractivity contribution in [3.05, 3.63) is 35.9 Å². The fourth-order valence-corrected chi connectivity index (χ4v) is 2.48. The maximum absolute atomic E-state index is 9.91. The maximum Gasteiger partial charge on any atom is 0.0718 e. The highest BCUT2D eigenvalue weighted by molar-refractivity contribution is 7.80. The summed E-state index contributed by atoms with van der Waals surface area (Å²) in [6.45, 7) is 8.42. The van der Waals surface area contributed by atoms with Gasteiger partial charge in [0.15, 0.2) is 0 Å². The molecule has 0 aliphatic rings. The number of likely N-dealkylation sites (N-methyl/N-ethyl adjacent to an activating group) is 1. The van der Waals surface area contributed by atoms with E-state index in [9.17, 15) is 5.11 Å². The van der Waals surface area contributed by atoms with Crippen LogP contribution < -0.4 is 0 Å². The van der Waals surface area contributed by atoms with E-state index < -0.39 is 5.60 Å². The van der Waals surface area contributed by atoms with E-state index in [1.807, 2.05) is 19.9 Å². The Morgan fingerprint density at radius 2 is 1.89 bits per heavy atom. The van der Waals surface area contributed by atoms with Crippen molar-refractivity contribution in [1.29, 1.82) is 0 Å². The second-order valence-electron chi connectivity index (χ2n) is 5.43. The van der Waals surface area contributed by atoms with Crippen molar-refractivity contribution in [3.63, 3.8) is 0 Å². The van der Waals surface area contributed by atoms with Crippen LogP contribution in [0.4, 0.5) is 0 Å². The lowest BCUT2D eigenvalue weighted by Crippen LogP contribution is -2.40. The number of rotatable bonds is 7. The predicted octanol–water partition coefficient (Wildman–Crippen LogP) is 2.79. The number of thiol groups is 1. The van der Waals surface area contributed by atoms with E-state index >= 15 is 0 Å². The first-order chi connectivity index (χ1) is 8.46. The molecule has 1 atom stereocenters. The summed E-state index contributed by atoms with van der Waals surface area (Å²) in [7, 11) is 0. The lowest BCUT2D eigenvalue weighted by Gasteiger charge is -2.31. The van der Waals surface area contributed by atoms with Crippen molar-refractivity contribution in [2.45, 2.75) is 32.3 Å². The van der Waals surface area contributed by atoms with Gasteiger partial charge in [-0.1, -0.05) is 37.3 Å². The molecule has 0 saturated heterocycles. The molecule has 1 aromatic rings. The topological polar surface area (TPSA) is 23.5 Å². The van der Waals surface area contributed by atoms with Crippen LogP contribution in [0.2, 0.25) is 0 Å². The summed E-state index contributed by atoms with van der Waals surface area (Å²) in [5.41, 5.74) is 0.676. The van der Waals surface area contributed by atoms with Crippen molar-refractivity contribution in [3.8, 4) is 0 Å². The monoisotopic (exact) mass is 267 g/mol. The van der Waals surface area contributed by atoms with Gasteiger partial charge < -0.3 is 10.0 Å². The van der Waals surface area contributed by atoms with E-state index in [1.54, 1.807) is 0 Å². The van der Waals surface area contributed by atoms with Crippen LogP contribution >= 0.6 is 12.6 Å². The zero-order valence-corrected chi connectivity index (χ0v) is 12.5. The standard InChI is InChI=1S/C15H25NOS/c1-4-16(12-15(2,3)17)10-14(11-18)13-8-6-5-7-9-13/h5-9,14,17-18H,4,10-12H2,1-3H3. The predicted molar refractivity (Wildman–Crippen MR) is 81.4 cm³/mol. The first-order valence-electron chi connectivity index (χ1n) is 6.57. The summed E-state index contributed by atoms with van der Waals surface area (Å²) in [4.78, 5) is 2.29. The average molecular weight is 267 g/mol. The van der Waals surface area contributed by atoms with Gasteiger partial charge >= 0.3 is 0 Å². The van der Waals surface area contributed by atoms with Gasteiger partial charge in [-0.25, -0.2) is 0 Å². The van der Waals surface area contributed by atoms with Crippen LogP contribution in [-0.2, 0) is 0 Å². The number of aliphatic hydroxyl groups is 1. The van der Waals surface area contributed by atoms with E-state index in [0.29, 0.717) is 12.5 Å². The molecule has 0 bridgehead atoms. The third-order valence-electron chi connectivity index (χ3n) is 3.03. The SMILES string of the molecule is CCN(CC(CS)c1ccccc1)CC(C)(C)O. The molecule has 102 valence electrons. The molecule has 1 aromatic carbocycles. The summed E-state index contributed by atoms with van der Waals surface area (Å²) in [5.74, 6) is 1.24. The quantitative estimate of drug-likeness (QED) is 0.742. The minimum atomic E-state index is -0.645. The molecule has 0 radical (unpaired) electrons. The third kappa shape index (κ3) is 5.42. The van der Waals surface area contributed by atoms with Gasteiger partial charge in [0.25, 0.3) is 0 Å². The smallest absolute Gasteiger partial charge is 0.0718 e. The van der Waals surface area contributed by atoms with E-state index in [1.165, 1.54) is 5.56 Å². The number of hydrogen-bond donors (Lipinski definition) is 2. The highest BCUT2D eigenvalue weighted by Crippen LogP contribution is 2.19. The molecular formula is C15H25NOS. The Bertz CT molecular complexity index is 334. The minimum absolute atomic E-state index is 0.414. The summed E-state index contributed by atoms with van der Waals surface area (Å²) in [6.07, 6.45) is 0. The van der Waals surface area contributed by atoms with Crippen molar-refractivity contribution in [1.82, 2.24) is 4.90 Å². The lowest BCUT2D eigenvalue weighted by atomic mass is 9.99. The second kappa shape index (κ2) is 7.17. The van der Waals surface area contributed by atoms with Gasteiger partial charge in [0.2, 0.25) is 0 Å². The molecule has 1 rings (SSSR count). The first kappa shape index (κ1) is 15.5. The second-order valence-corrected chi connectivity index (χ2v) is 5.80. The zero-order valence-electron chi connectivity index (χ0n) is 11.6. The Kier molecular flexibility index (Phi) is 6.19. The first-order valence-corrected chi connectivity index (χ1v) is 7.20. The Morgan fingerprint density at radius 1 is 1.28 bits per heavy atom. The average Bonchev–Trinajstić information content (AvgIpc) is 2.34. The van der Waals surface area contributed by atoms with Crippen LogP contribution in [0.3, 0.4) is 0 Å². The molecule has 1 N–H and O–H groups in total. The van der Waals surface area contributed by atoms with Crippen LogP contribution in [0.1, 0.15) is 32.3 Å². The van der Waals surface area contributed by atoms with Gasteiger partial charge in [-0.05, 0) is 31.7 Å². The van der Waals surface area contributed by atoms with E-state index in [2.05, 4.69) is 48.7 Å². The van der Waals surface area contributed by atoms with Gasteiger partial charge in [-0.15, -0.1) is 0 Å². The Morgan fingerprint density at radius 3 is 2.33 bits per heavy atom. The van der Waals surface area contributed by atoms with Crippen molar-refractivity contribution in [2.75, 3.05) is 25.4 Å². The summed E-state index contributed by atoms with van der Waals surface area (Å²) in [6, 6.07) is 10.5. The molecule has 3 heteroatoms. The van der Waals surface area contributed by atoms with E-state index in [-0.39, 0.29) is 0 Å². The third-order valence-corrected chi connectivity index (χ3v) is 3.47. The summed E-state index contributed by atoms with van der Waals surface area (Å²) in [5, 5.41) is 9.91. The fraction of sp³-hybridized carbons (Fsp3) is 0.600. The molecule has 0 saturated carbocycles. The maximum atomic E-state index is 9.91. The van der Waals surface area contributed by atoms with Crippen LogP contribution in [0.5, 0.6) is 0 Å². The number of hydrogen-bond acceptors (Lipinski definition) is 3. The van der Waals surface area contributed by atoms with Gasteiger partial charge in [-0.2, -0.15) is 12.6 Å². The van der Waals surface area contributed by atoms with Gasteiger partial charge in [-0.3, -0.25) is 0 Å². The Labute approximate surface area is 116 Å². The van der Waals surface area contributed by atoms with Crippen LogP contribution in [0.15, 0.2) is 30.3 Å². The van der Waals surface area contributed by atoms with E-state index in [0.717, 1.165) is 18.8 Å². The number of nitrogens with zero attached hydrogens (tertiary/aromatic N) is 1. The molecule has 0 spiro atoms. The normalized spacial score (nSPS) is 13.9. The van der Waals surface area contributed by atoms with Gasteiger partial charge in [0.1, 0.15) is 0 Å². The Balaban J connectivity index is 2.67. The van der Waals surface area contributed by atoms with Crippen molar-refractivity contribution >= 4 is 12.6 Å². The minimum Gasteiger partial charge on any atom is -0.389 e. The van der Waals surface area contributed by atoms with Crippen LogP contribution in [0.25, 0.3) is 0 Å². The molecular weight excluding hydrogens is 242 g/mol. The van der Waals surface area contributed by atoms with E-state index in [4.69, 9.17) is 0 Å². The molecule has 2 nitrogen and oxygen atoms in total. The molecule has 0 amide bonds. The van der Waals surface area contributed by atoms with Crippen molar-refractivity contribution in [2.24, 2.45) is 0 Å². The Hall–Kier alpha value is -0.510. The largest absolute Gasteiger partial charge is 0.389 e. The molecule has 0 aliphatic heterocycles. The van der Waals surface area contributed by atoms with Crippen LogP contribution in [-0.4, -0.2) is 41.0 Å².